The molecule has 0 unspecified atom stereocenters. The maximum Gasteiger partial charge on any atom is 0.306 e. The zero-order valence-corrected chi connectivity index (χ0v) is 16.2. The SMILES string of the molecule is COC(=O)CCc1nc(-c2ccc(S(=O)(=O)N3CCC(C=O)CC3)cc2)no1. The smallest absolute Gasteiger partial charge is 0.306 e. The largest absolute Gasteiger partial charge is 0.469 e. The number of aromatic nitrogens is 2. The van der Waals surface area contributed by atoms with Crippen molar-refractivity contribution >= 4 is 22.3 Å². The van der Waals surface area contributed by atoms with Crippen LogP contribution in [-0.4, -0.2) is 55.3 Å². The highest BCUT2D eigenvalue weighted by Crippen LogP contribution is 2.25. The predicted octanol–water partition coefficient (Wildman–Crippen LogP) is 1.44. The van der Waals surface area contributed by atoms with Gasteiger partial charge in [-0.15, -0.1) is 0 Å². The third-order valence-electron chi connectivity index (χ3n) is 4.68. The van der Waals surface area contributed by atoms with Gasteiger partial charge in [0.2, 0.25) is 21.7 Å². The molecular weight excluding hydrogens is 386 g/mol. The number of methoxy groups -OCH3 is 1. The zero-order valence-electron chi connectivity index (χ0n) is 15.4. The number of aryl methyl sites for hydroxylation is 1. The molecule has 10 heteroatoms. The van der Waals surface area contributed by atoms with E-state index >= 15 is 0 Å². The molecule has 2 aromatic rings. The van der Waals surface area contributed by atoms with Gasteiger partial charge in [0.1, 0.15) is 6.29 Å². The maximum atomic E-state index is 12.8. The van der Waals surface area contributed by atoms with Gasteiger partial charge in [-0.3, -0.25) is 4.79 Å². The van der Waals surface area contributed by atoms with E-state index in [4.69, 9.17) is 4.52 Å². The molecule has 0 aliphatic carbocycles. The summed E-state index contributed by atoms with van der Waals surface area (Å²) in [6, 6.07) is 6.22. The van der Waals surface area contributed by atoms with E-state index in [2.05, 4.69) is 14.9 Å². The minimum atomic E-state index is -3.61. The Morgan fingerprint density at radius 3 is 2.57 bits per heavy atom. The summed E-state index contributed by atoms with van der Waals surface area (Å²) in [5.74, 6) is 0.178. The highest BCUT2D eigenvalue weighted by molar-refractivity contribution is 7.89. The number of aldehydes is 1. The van der Waals surface area contributed by atoms with Crippen LogP contribution in [0, 0.1) is 5.92 Å². The number of hydrogen-bond donors (Lipinski definition) is 0. The summed E-state index contributed by atoms with van der Waals surface area (Å²) in [7, 11) is -2.30. The van der Waals surface area contributed by atoms with Crippen molar-refractivity contribution in [3.05, 3.63) is 30.2 Å². The topological polar surface area (TPSA) is 120 Å². The average molecular weight is 407 g/mol. The van der Waals surface area contributed by atoms with Crippen LogP contribution < -0.4 is 0 Å². The van der Waals surface area contributed by atoms with Crippen LogP contribution in [0.2, 0.25) is 0 Å². The van der Waals surface area contributed by atoms with Crippen molar-refractivity contribution in [1.82, 2.24) is 14.4 Å². The lowest BCUT2D eigenvalue weighted by atomic mass is 10.0. The third-order valence-corrected chi connectivity index (χ3v) is 6.59. The van der Waals surface area contributed by atoms with Crippen molar-refractivity contribution < 1.29 is 27.3 Å². The Labute approximate surface area is 162 Å². The Bertz CT molecular complexity index is 930. The number of benzene rings is 1. The van der Waals surface area contributed by atoms with E-state index in [1.807, 2.05) is 0 Å². The molecule has 1 aromatic heterocycles. The van der Waals surface area contributed by atoms with Crippen molar-refractivity contribution in [2.45, 2.75) is 30.6 Å². The van der Waals surface area contributed by atoms with Gasteiger partial charge >= 0.3 is 5.97 Å². The summed E-state index contributed by atoms with van der Waals surface area (Å²) in [4.78, 5) is 26.4. The number of rotatable bonds is 7. The van der Waals surface area contributed by atoms with Gasteiger partial charge < -0.3 is 14.1 Å². The first kappa shape index (κ1) is 20.2. The quantitative estimate of drug-likeness (QED) is 0.499. The lowest BCUT2D eigenvalue weighted by Gasteiger charge is -2.28. The Hall–Kier alpha value is -2.59. The molecule has 1 saturated heterocycles. The fraction of sp³-hybridized carbons (Fsp3) is 0.444. The Kier molecular flexibility index (Phi) is 6.20. The Morgan fingerprint density at radius 1 is 1.29 bits per heavy atom. The lowest BCUT2D eigenvalue weighted by Crippen LogP contribution is -2.38. The Morgan fingerprint density at radius 2 is 1.96 bits per heavy atom. The molecular formula is C18H21N3O6S. The second-order valence-corrected chi connectivity index (χ2v) is 8.43. The minimum absolute atomic E-state index is 0.0690. The van der Waals surface area contributed by atoms with Crippen LogP contribution in [0.5, 0.6) is 0 Å². The van der Waals surface area contributed by atoms with Gasteiger partial charge in [-0.1, -0.05) is 5.16 Å². The molecule has 28 heavy (non-hydrogen) atoms. The molecule has 1 aliphatic heterocycles. The van der Waals surface area contributed by atoms with Crippen LogP contribution >= 0.6 is 0 Å². The molecule has 0 atom stereocenters. The summed E-state index contributed by atoms with van der Waals surface area (Å²) < 4.78 is 36.6. The molecule has 0 spiro atoms. The van der Waals surface area contributed by atoms with E-state index in [0.717, 1.165) is 6.29 Å². The summed E-state index contributed by atoms with van der Waals surface area (Å²) in [6.45, 7) is 0.670. The van der Waals surface area contributed by atoms with E-state index < -0.39 is 10.0 Å². The van der Waals surface area contributed by atoms with Crippen LogP contribution in [0.4, 0.5) is 0 Å². The highest BCUT2D eigenvalue weighted by Gasteiger charge is 2.29. The zero-order chi connectivity index (χ0) is 20.1. The number of hydrogen-bond acceptors (Lipinski definition) is 8. The molecule has 0 radical (unpaired) electrons. The summed E-state index contributed by atoms with van der Waals surface area (Å²) in [5, 5.41) is 3.86. The standard InChI is InChI=1S/C18H21N3O6S/c1-26-17(23)7-6-16-19-18(20-27-16)14-2-4-15(5-3-14)28(24,25)21-10-8-13(12-22)9-11-21/h2-5,12-13H,6-11H2,1H3. The average Bonchev–Trinajstić information content (AvgIpc) is 3.21. The van der Waals surface area contributed by atoms with E-state index in [1.165, 1.54) is 23.5 Å². The van der Waals surface area contributed by atoms with Crippen LogP contribution in [0.25, 0.3) is 11.4 Å². The van der Waals surface area contributed by atoms with Gasteiger partial charge in [0.05, 0.1) is 18.4 Å². The first-order valence-electron chi connectivity index (χ1n) is 8.89. The van der Waals surface area contributed by atoms with E-state index in [1.54, 1.807) is 12.1 Å². The lowest BCUT2D eigenvalue weighted by molar-refractivity contribution is -0.140. The summed E-state index contributed by atoms with van der Waals surface area (Å²) in [5.41, 5.74) is 0.603. The molecule has 0 N–H and O–H groups in total. The third kappa shape index (κ3) is 4.45. The van der Waals surface area contributed by atoms with E-state index in [-0.39, 0.29) is 29.6 Å². The molecule has 0 bridgehead atoms. The van der Waals surface area contributed by atoms with Gasteiger partial charge in [-0.05, 0) is 37.1 Å². The Balaban J connectivity index is 1.69. The predicted molar refractivity (Wildman–Crippen MR) is 97.6 cm³/mol. The van der Waals surface area contributed by atoms with Crippen LogP contribution in [-0.2, 0) is 30.8 Å². The van der Waals surface area contributed by atoms with E-state index in [0.29, 0.717) is 43.2 Å². The number of carbonyl (C=O) groups excluding carboxylic acids is 2. The molecule has 0 amide bonds. The fourth-order valence-electron chi connectivity index (χ4n) is 2.96. The number of nitrogens with zero attached hydrogens (tertiary/aromatic N) is 3. The normalized spacial score (nSPS) is 16.0. The number of sulfonamides is 1. The molecule has 3 rings (SSSR count). The summed E-state index contributed by atoms with van der Waals surface area (Å²) >= 11 is 0. The monoisotopic (exact) mass is 407 g/mol. The van der Waals surface area contributed by atoms with Gasteiger partial charge in [0, 0.05) is 31.0 Å². The molecule has 1 aromatic carbocycles. The van der Waals surface area contributed by atoms with Crippen molar-refractivity contribution in [3.63, 3.8) is 0 Å². The summed E-state index contributed by atoms with van der Waals surface area (Å²) in [6.07, 6.45) is 2.37. The van der Waals surface area contributed by atoms with Gasteiger partial charge in [-0.2, -0.15) is 9.29 Å². The van der Waals surface area contributed by atoms with Gasteiger partial charge in [-0.25, -0.2) is 8.42 Å². The molecule has 1 aliphatic rings. The second-order valence-electron chi connectivity index (χ2n) is 6.49. The number of piperidine rings is 1. The maximum absolute atomic E-state index is 12.8. The van der Waals surface area contributed by atoms with Gasteiger partial charge in [0.15, 0.2) is 0 Å². The number of ether oxygens (including phenoxy) is 1. The van der Waals surface area contributed by atoms with Gasteiger partial charge in [0.25, 0.3) is 0 Å². The second kappa shape index (κ2) is 8.61. The van der Waals surface area contributed by atoms with E-state index in [9.17, 15) is 18.0 Å². The molecule has 0 saturated carbocycles. The van der Waals surface area contributed by atoms with Crippen molar-refractivity contribution in [2.75, 3.05) is 20.2 Å². The fourth-order valence-corrected chi connectivity index (χ4v) is 4.43. The molecule has 2 heterocycles. The van der Waals surface area contributed by atoms with Crippen LogP contribution in [0.1, 0.15) is 25.2 Å². The molecule has 150 valence electrons. The van der Waals surface area contributed by atoms with Crippen LogP contribution in [0.3, 0.4) is 0 Å². The first-order chi connectivity index (χ1) is 13.4. The molecule has 1 fully saturated rings. The van der Waals surface area contributed by atoms with Crippen molar-refractivity contribution in [2.24, 2.45) is 5.92 Å². The number of esters is 1. The number of carbonyl (C=O) groups is 2. The highest BCUT2D eigenvalue weighted by atomic mass is 32.2. The van der Waals surface area contributed by atoms with Crippen molar-refractivity contribution in [1.29, 1.82) is 0 Å². The molecule has 9 nitrogen and oxygen atoms in total. The minimum Gasteiger partial charge on any atom is -0.469 e. The first-order valence-corrected chi connectivity index (χ1v) is 10.3. The van der Waals surface area contributed by atoms with Crippen molar-refractivity contribution in [3.8, 4) is 11.4 Å². The van der Waals surface area contributed by atoms with Crippen LogP contribution in [0.15, 0.2) is 33.7 Å².